The Balaban J connectivity index is 1.20. The van der Waals surface area contributed by atoms with Gasteiger partial charge in [0.2, 0.25) is 0 Å². The van der Waals surface area contributed by atoms with Crippen molar-refractivity contribution in [2.75, 3.05) is 26.9 Å². The summed E-state index contributed by atoms with van der Waals surface area (Å²) in [4.78, 5) is 37.5. The number of carbonyl (C=O) groups is 3. The molecular weight excluding hydrogens is 755 g/mol. The summed E-state index contributed by atoms with van der Waals surface area (Å²) in [5, 5.41) is 11.7. The zero-order valence-corrected chi connectivity index (χ0v) is 30.2. The fraction of sp³-hybridized carbons (Fsp3) is 0.243. The molecule has 1 aliphatic rings. The summed E-state index contributed by atoms with van der Waals surface area (Å²) in [6.45, 7) is 5.87. The maximum atomic E-state index is 12.7. The van der Waals surface area contributed by atoms with E-state index in [9.17, 15) is 14.4 Å². The molecule has 4 aromatic rings. The maximum absolute atomic E-state index is 12.7. The zero-order chi connectivity index (χ0) is 35.6. The van der Waals surface area contributed by atoms with Crippen molar-refractivity contribution < 1.29 is 38.1 Å². The first-order valence-corrected chi connectivity index (χ1v) is 16.9. The summed E-state index contributed by atoms with van der Waals surface area (Å²) in [7, 11) is 1.45. The molecule has 0 unspecified atom stereocenters. The van der Waals surface area contributed by atoms with E-state index in [-0.39, 0.29) is 24.5 Å². The predicted molar refractivity (Wildman–Crippen MR) is 197 cm³/mol. The van der Waals surface area contributed by atoms with Crippen LogP contribution < -0.4 is 35.0 Å². The molecule has 0 saturated heterocycles. The molecule has 0 aromatic heterocycles. The minimum absolute atomic E-state index is 0.181. The Bertz CT molecular complexity index is 1960. The van der Waals surface area contributed by atoms with Gasteiger partial charge in [0.05, 0.1) is 41.7 Å². The molecule has 3 N–H and O–H groups in total. The Kier molecular flexibility index (Phi) is 12.1. The van der Waals surface area contributed by atoms with Crippen molar-refractivity contribution in [2.45, 2.75) is 33.4 Å². The third kappa shape index (κ3) is 8.83. The molecule has 1 heterocycles. The minimum Gasteiger partial charge on any atom is -0.493 e. The third-order valence-electron chi connectivity index (χ3n) is 7.58. The van der Waals surface area contributed by atoms with E-state index in [1.54, 1.807) is 38.1 Å². The number of ether oxygens (including phenoxy) is 5. The molecule has 0 aliphatic carbocycles. The number of allylic oxidation sites excluding steroid dienone is 1. The van der Waals surface area contributed by atoms with Crippen LogP contribution >= 0.6 is 22.6 Å². The van der Waals surface area contributed by atoms with Gasteiger partial charge in [-0.2, -0.15) is 5.10 Å². The normalized spacial score (nSPS) is 14.2. The number of fused-ring (bicyclic) bond motifs is 1. The van der Waals surface area contributed by atoms with Crippen LogP contribution in [0.1, 0.15) is 43.5 Å². The van der Waals surface area contributed by atoms with Crippen LogP contribution in [0.15, 0.2) is 89.2 Å². The summed E-state index contributed by atoms with van der Waals surface area (Å²) in [6, 6.07) is 21.7. The highest BCUT2D eigenvalue weighted by molar-refractivity contribution is 14.1. The number of benzene rings is 4. The van der Waals surface area contributed by atoms with Crippen molar-refractivity contribution in [3.63, 3.8) is 0 Å². The lowest BCUT2D eigenvalue weighted by Crippen LogP contribution is -2.45. The average Bonchev–Trinajstić information content (AvgIpc) is 3.10. The molecule has 1 atom stereocenters. The molecule has 12 nitrogen and oxygen atoms in total. The molecule has 0 spiro atoms. The Morgan fingerprint density at radius 1 is 0.920 bits per heavy atom. The van der Waals surface area contributed by atoms with Gasteiger partial charge in [0, 0.05) is 5.70 Å². The summed E-state index contributed by atoms with van der Waals surface area (Å²) >= 11 is 2.19. The molecule has 50 heavy (non-hydrogen) atoms. The molecule has 260 valence electrons. The van der Waals surface area contributed by atoms with Crippen molar-refractivity contribution in [1.29, 1.82) is 0 Å². The van der Waals surface area contributed by atoms with Crippen molar-refractivity contribution in [3.8, 4) is 23.0 Å². The van der Waals surface area contributed by atoms with Crippen LogP contribution in [0, 0.1) is 3.57 Å². The first-order chi connectivity index (χ1) is 24.2. The van der Waals surface area contributed by atoms with Crippen LogP contribution in [0.5, 0.6) is 23.0 Å². The van der Waals surface area contributed by atoms with Gasteiger partial charge in [0.1, 0.15) is 6.61 Å². The lowest BCUT2D eigenvalue weighted by molar-refractivity contribution is -0.139. The van der Waals surface area contributed by atoms with E-state index >= 15 is 0 Å². The van der Waals surface area contributed by atoms with Gasteiger partial charge in [0.15, 0.2) is 29.6 Å². The molecule has 13 heteroatoms. The SMILES string of the molecule is CCOC(=O)C1=C(C)NC(=O)N[C@H]1c1ccc(OCC(=O)N/N=C\c2cc(I)c(OCc3ccc4ccccc4c3)c(OCC)c2)c(OC)c1. The molecule has 1 aliphatic heterocycles. The average molecular weight is 793 g/mol. The monoisotopic (exact) mass is 792 g/mol. The fourth-order valence-electron chi connectivity index (χ4n) is 5.31. The minimum atomic E-state index is -0.778. The van der Waals surface area contributed by atoms with Gasteiger partial charge in [-0.15, -0.1) is 0 Å². The van der Waals surface area contributed by atoms with Crippen LogP contribution in [0.3, 0.4) is 0 Å². The van der Waals surface area contributed by atoms with Crippen LogP contribution in [0.25, 0.3) is 10.8 Å². The lowest BCUT2D eigenvalue weighted by atomic mass is 9.95. The molecule has 5 rings (SSSR count). The summed E-state index contributed by atoms with van der Waals surface area (Å²) in [5.41, 5.74) is 5.42. The quantitative estimate of drug-likeness (QED) is 0.0597. The Morgan fingerprint density at radius 2 is 1.72 bits per heavy atom. The number of halogens is 1. The Labute approximate surface area is 303 Å². The van der Waals surface area contributed by atoms with Crippen LogP contribution in [-0.4, -0.2) is 51.1 Å². The highest BCUT2D eigenvalue weighted by atomic mass is 127. The predicted octanol–water partition coefficient (Wildman–Crippen LogP) is 6.15. The molecule has 0 fully saturated rings. The second kappa shape index (κ2) is 16.9. The largest absolute Gasteiger partial charge is 0.493 e. The second-order valence-electron chi connectivity index (χ2n) is 11.0. The number of nitrogens with zero attached hydrogens (tertiary/aromatic N) is 1. The van der Waals surface area contributed by atoms with Crippen LogP contribution in [-0.2, 0) is 20.9 Å². The molecule has 0 saturated carbocycles. The molecule has 0 bridgehead atoms. The zero-order valence-electron chi connectivity index (χ0n) is 28.0. The van der Waals surface area contributed by atoms with Gasteiger partial charge in [-0.1, -0.05) is 42.5 Å². The number of hydrogen-bond donors (Lipinski definition) is 3. The van der Waals surface area contributed by atoms with Crippen molar-refractivity contribution >= 4 is 57.5 Å². The highest BCUT2D eigenvalue weighted by Gasteiger charge is 2.32. The fourth-order valence-corrected chi connectivity index (χ4v) is 6.09. The van der Waals surface area contributed by atoms with Gasteiger partial charge in [-0.25, -0.2) is 15.0 Å². The van der Waals surface area contributed by atoms with Gasteiger partial charge in [-0.3, -0.25) is 4.79 Å². The Hall–Kier alpha value is -5.31. The van der Waals surface area contributed by atoms with Gasteiger partial charge in [0.25, 0.3) is 5.91 Å². The number of amides is 3. The summed E-state index contributed by atoms with van der Waals surface area (Å²) < 4.78 is 29.3. The number of urea groups is 1. The number of hydrogen-bond acceptors (Lipinski definition) is 9. The van der Waals surface area contributed by atoms with Crippen LogP contribution in [0.2, 0.25) is 0 Å². The number of esters is 1. The number of nitrogens with one attached hydrogen (secondary N) is 3. The van der Waals surface area contributed by atoms with Crippen molar-refractivity contribution in [3.05, 3.63) is 104 Å². The number of hydrazone groups is 1. The second-order valence-corrected chi connectivity index (χ2v) is 12.2. The van der Waals surface area contributed by atoms with E-state index in [4.69, 9.17) is 23.7 Å². The number of methoxy groups -OCH3 is 1. The molecular formula is C37H37IN4O8. The van der Waals surface area contributed by atoms with E-state index in [1.165, 1.54) is 18.7 Å². The first-order valence-electron chi connectivity index (χ1n) is 15.9. The number of carbonyl (C=O) groups excluding carboxylic acids is 3. The van der Waals surface area contributed by atoms with E-state index < -0.39 is 23.9 Å². The standard InChI is InChI=1S/C37H37IN4O8/c1-5-47-31-17-24(16-28(38)35(31)50-20-23-11-12-25-9-7-8-10-26(25)15-23)19-39-42-32(43)21-49-29-14-13-27(18-30(29)46-4)34-33(36(44)48-6-2)22(3)40-37(45)41-34/h7-19,34H,5-6,20-21H2,1-4H3,(H,42,43)(H2,40,41,45)/b39-19-/t34-/m0/s1. The van der Waals surface area contributed by atoms with E-state index in [0.717, 1.165) is 14.5 Å². The summed E-state index contributed by atoms with van der Waals surface area (Å²) in [6.07, 6.45) is 1.51. The summed E-state index contributed by atoms with van der Waals surface area (Å²) in [5.74, 6) is 0.717. The Morgan fingerprint density at radius 3 is 2.48 bits per heavy atom. The van der Waals surface area contributed by atoms with Gasteiger partial charge < -0.3 is 34.3 Å². The van der Waals surface area contributed by atoms with Crippen molar-refractivity contribution in [1.82, 2.24) is 16.1 Å². The van der Waals surface area contributed by atoms with Gasteiger partial charge >= 0.3 is 12.0 Å². The lowest BCUT2D eigenvalue weighted by Gasteiger charge is -2.28. The molecule has 3 amide bonds. The van der Waals surface area contributed by atoms with Gasteiger partial charge in [-0.05, 0) is 101 Å². The van der Waals surface area contributed by atoms with E-state index in [0.29, 0.717) is 47.3 Å². The maximum Gasteiger partial charge on any atom is 0.338 e. The topological polar surface area (TPSA) is 146 Å². The van der Waals surface area contributed by atoms with Crippen molar-refractivity contribution in [2.24, 2.45) is 5.10 Å². The third-order valence-corrected chi connectivity index (χ3v) is 8.38. The first kappa shape index (κ1) is 36.0. The molecule has 0 radical (unpaired) electrons. The number of rotatable bonds is 14. The smallest absolute Gasteiger partial charge is 0.338 e. The van der Waals surface area contributed by atoms with E-state index in [2.05, 4.69) is 68.0 Å². The van der Waals surface area contributed by atoms with E-state index in [1.807, 2.05) is 31.2 Å². The van der Waals surface area contributed by atoms with Crippen LogP contribution in [0.4, 0.5) is 4.79 Å². The molecule has 4 aromatic carbocycles. The highest BCUT2D eigenvalue weighted by Crippen LogP contribution is 2.36.